The molecular weight excluding hydrogens is 218 g/mol. The number of amides is 1. The highest BCUT2D eigenvalue weighted by atomic mass is 35.5. The van der Waals surface area contributed by atoms with Crippen molar-refractivity contribution >= 4 is 23.2 Å². The Morgan fingerprint density at radius 1 is 1.67 bits per heavy atom. The fraction of sp³-hybridized carbons (Fsp3) is 0.556. The number of hydrogen-bond acceptors (Lipinski definition) is 3. The van der Waals surface area contributed by atoms with E-state index in [-0.39, 0.29) is 11.8 Å². The Morgan fingerprint density at radius 2 is 2.53 bits per heavy atom. The molecule has 1 aliphatic rings. The van der Waals surface area contributed by atoms with Gasteiger partial charge in [0.25, 0.3) is 0 Å². The van der Waals surface area contributed by atoms with Gasteiger partial charge in [-0.15, -0.1) is 11.6 Å². The molecule has 1 N–H and O–H groups in total. The molecule has 6 heteroatoms. The number of nitrogens with one attached hydrogen (secondary N) is 1. The van der Waals surface area contributed by atoms with E-state index >= 15 is 0 Å². The second-order valence-electron chi connectivity index (χ2n) is 3.32. The number of alkyl halides is 1. The molecule has 1 amide bonds. The van der Waals surface area contributed by atoms with Crippen LogP contribution in [0.5, 0.6) is 5.88 Å². The van der Waals surface area contributed by atoms with E-state index < -0.39 is 0 Å². The molecule has 0 unspecified atom stereocenters. The number of ether oxygens (including phenoxy) is 1. The van der Waals surface area contributed by atoms with Gasteiger partial charge >= 0.3 is 0 Å². The van der Waals surface area contributed by atoms with Gasteiger partial charge in [-0.2, -0.15) is 5.10 Å². The number of nitrogens with zero attached hydrogens (tertiary/aromatic N) is 2. The summed E-state index contributed by atoms with van der Waals surface area (Å²) >= 11 is 5.40. The van der Waals surface area contributed by atoms with Crippen molar-refractivity contribution in [3.63, 3.8) is 0 Å². The van der Waals surface area contributed by atoms with E-state index in [9.17, 15) is 4.79 Å². The van der Waals surface area contributed by atoms with Crippen LogP contribution in [-0.2, 0) is 11.3 Å². The molecule has 0 aliphatic carbocycles. The molecule has 0 saturated heterocycles. The molecule has 0 radical (unpaired) electrons. The minimum Gasteiger partial charge on any atom is -0.476 e. The number of anilines is 1. The molecule has 2 heterocycles. The number of fused-ring (bicyclic) bond motifs is 1. The van der Waals surface area contributed by atoms with Gasteiger partial charge in [0.1, 0.15) is 11.6 Å². The van der Waals surface area contributed by atoms with E-state index in [1.54, 1.807) is 10.9 Å². The zero-order valence-electron chi connectivity index (χ0n) is 8.20. The van der Waals surface area contributed by atoms with E-state index in [1.807, 2.05) is 0 Å². The van der Waals surface area contributed by atoms with Crippen molar-refractivity contribution in [1.82, 2.24) is 9.78 Å². The first kappa shape index (κ1) is 10.3. The van der Waals surface area contributed by atoms with Crippen LogP contribution in [0.3, 0.4) is 0 Å². The topological polar surface area (TPSA) is 56.2 Å². The third-order valence-corrected chi connectivity index (χ3v) is 2.43. The predicted octanol–water partition coefficient (Wildman–Crippen LogP) is 1.23. The minimum absolute atomic E-state index is 0.0649. The van der Waals surface area contributed by atoms with Crippen molar-refractivity contribution < 1.29 is 9.53 Å². The van der Waals surface area contributed by atoms with Crippen LogP contribution in [0.4, 0.5) is 5.69 Å². The Labute approximate surface area is 92.4 Å². The van der Waals surface area contributed by atoms with E-state index in [2.05, 4.69) is 10.4 Å². The fourth-order valence-corrected chi connectivity index (χ4v) is 1.55. The maximum absolute atomic E-state index is 11.1. The molecule has 0 spiro atoms. The Morgan fingerprint density at radius 3 is 3.33 bits per heavy atom. The zero-order chi connectivity index (χ0) is 10.7. The number of aryl methyl sites for hydroxylation is 1. The summed E-state index contributed by atoms with van der Waals surface area (Å²) in [5, 5.41) is 6.79. The van der Waals surface area contributed by atoms with Crippen LogP contribution >= 0.6 is 11.6 Å². The summed E-state index contributed by atoms with van der Waals surface area (Å²) in [4.78, 5) is 11.1. The Kier molecular flexibility index (Phi) is 3.11. The van der Waals surface area contributed by atoms with E-state index in [4.69, 9.17) is 16.3 Å². The first-order valence-corrected chi connectivity index (χ1v) is 5.39. The maximum atomic E-state index is 11.1. The van der Waals surface area contributed by atoms with Crippen LogP contribution in [0.15, 0.2) is 6.20 Å². The fourth-order valence-electron chi connectivity index (χ4n) is 1.49. The monoisotopic (exact) mass is 229 g/mol. The molecule has 2 rings (SSSR count). The summed E-state index contributed by atoms with van der Waals surface area (Å²) in [6, 6.07) is 0. The van der Waals surface area contributed by atoms with Crippen LogP contribution in [0.25, 0.3) is 0 Å². The van der Waals surface area contributed by atoms with Crippen molar-refractivity contribution in [2.45, 2.75) is 19.4 Å². The van der Waals surface area contributed by atoms with Gasteiger partial charge in [-0.25, -0.2) is 4.68 Å². The highest BCUT2D eigenvalue weighted by molar-refractivity contribution is 6.29. The van der Waals surface area contributed by atoms with Crippen LogP contribution < -0.4 is 10.1 Å². The van der Waals surface area contributed by atoms with Gasteiger partial charge in [-0.3, -0.25) is 4.79 Å². The third-order valence-electron chi connectivity index (χ3n) is 2.19. The van der Waals surface area contributed by atoms with Crippen LogP contribution in [0, 0.1) is 0 Å². The number of rotatable bonds is 2. The lowest BCUT2D eigenvalue weighted by molar-refractivity contribution is -0.113. The normalized spacial score (nSPS) is 15.0. The van der Waals surface area contributed by atoms with Gasteiger partial charge in [0.05, 0.1) is 12.8 Å². The molecule has 0 saturated carbocycles. The SMILES string of the molecule is O=C(CCl)Nc1cnn2c1OCCCC2. The number of halogens is 1. The van der Waals surface area contributed by atoms with Gasteiger partial charge in [0, 0.05) is 6.54 Å². The molecule has 15 heavy (non-hydrogen) atoms. The molecule has 1 aromatic rings. The van der Waals surface area contributed by atoms with Gasteiger partial charge in [-0.1, -0.05) is 0 Å². The first-order chi connectivity index (χ1) is 7.31. The summed E-state index contributed by atoms with van der Waals surface area (Å²) < 4.78 is 7.27. The van der Waals surface area contributed by atoms with Crippen LogP contribution in [-0.4, -0.2) is 28.2 Å². The van der Waals surface area contributed by atoms with E-state index in [1.165, 1.54) is 0 Å². The average Bonchev–Trinajstić information content (AvgIpc) is 2.50. The van der Waals surface area contributed by atoms with E-state index in [0.717, 1.165) is 19.4 Å². The summed E-state index contributed by atoms with van der Waals surface area (Å²) in [7, 11) is 0. The van der Waals surface area contributed by atoms with Crippen molar-refractivity contribution in [3.8, 4) is 5.88 Å². The average molecular weight is 230 g/mol. The Balaban J connectivity index is 2.18. The summed E-state index contributed by atoms with van der Waals surface area (Å²) in [6.07, 6.45) is 3.63. The molecule has 0 fully saturated rings. The molecule has 0 atom stereocenters. The highest BCUT2D eigenvalue weighted by Gasteiger charge is 2.16. The van der Waals surface area contributed by atoms with Gasteiger partial charge < -0.3 is 10.1 Å². The molecule has 0 bridgehead atoms. The lowest BCUT2D eigenvalue weighted by atomic mass is 10.3. The zero-order valence-corrected chi connectivity index (χ0v) is 8.96. The minimum atomic E-state index is -0.250. The third kappa shape index (κ3) is 2.23. The highest BCUT2D eigenvalue weighted by Crippen LogP contribution is 2.26. The molecule has 1 aliphatic heterocycles. The van der Waals surface area contributed by atoms with Crippen molar-refractivity contribution in [2.75, 3.05) is 17.8 Å². The van der Waals surface area contributed by atoms with Crippen LogP contribution in [0.1, 0.15) is 12.8 Å². The van der Waals surface area contributed by atoms with Crippen molar-refractivity contribution in [1.29, 1.82) is 0 Å². The van der Waals surface area contributed by atoms with Gasteiger partial charge in [0.15, 0.2) is 0 Å². The second-order valence-corrected chi connectivity index (χ2v) is 3.59. The lowest BCUT2D eigenvalue weighted by Crippen LogP contribution is -2.13. The molecular formula is C9H12ClN3O2. The van der Waals surface area contributed by atoms with Crippen molar-refractivity contribution in [3.05, 3.63) is 6.20 Å². The quantitative estimate of drug-likeness (QED) is 0.777. The summed E-state index contributed by atoms with van der Waals surface area (Å²) in [6.45, 7) is 1.49. The molecule has 1 aromatic heterocycles. The maximum Gasteiger partial charge on any atom is 0.239 e. The molecule has 0 aromatic carbocycles. The van der Waals surface area contributed by atoms with Gasteiger partial charge in [0.2, 0.25) is 11.8 Å². The lowest BCUT2D eigenvalue weighted by Gasteiger charge is -2.06. The number of aromatic nitrogens is 2. The van der Waals surface area contributed by atoms with E-state index in [0.29, 0.717) is 18.2 Å². The van der Waals surface area contributed by atoms with Crippen LogP contribution in [0.2, 0.25) is 0 Å². The first-order valence-electron chi connectivity index (χ1n) is 4.85. The summed E-state index contributed by atoms with van der Waals surface area (Å²) in [5.74, 6) is 0.316. The smallest absolute Gasteiger partial charge is 0.239 e. The summed E-state index contributed by atoms with van der Waals surface area (Å²) in [5.41, 5.74) is 0.600. The van der Waals surface area contributed by atoms with Crippen molar-refractivity contribution in [2.24, 2.45) is 0 Å². The standard InChI is InChI=1S/C9H12ClN3O2/c10-5-8(14)12-7-6-11-13-3-1-2-4-15-9(7)13/h6H,1-5H2,(H,12,14). The molecule has 5 nitrogen and oxygen atoms in total. The number of carbonyl (C=O) groups excluding carboxylic acids is 1. The predicted molar refractivity (Wildman–Crippen MR) is 56.3 cm³/mol. The van der Waals surface area contributed by atoms with Gasteiger partial charge in [-0.05, 0) is 12.8 Å². The second kappa shape index (κ2) is 4.53. The number of carbonyl (C=O) groups is 1. The Hall–Kier alpha value is -1.23. The Bertz CT molecular complexity index is 364. The number of hydrogen-bond donors (Lipinski definition) is 1. The molecule has 82 valence electrons. The largest absolute Gasteiger partial charge is 0.476 e.